The fraction of sp³-hybridized carbons (Fsp3) is 0.444. The molecule has 0 amide bonds. The van der Waals surface area contributed by atoms with Crippen LogP contribution in [0.1, 0.15) is 52.2 Å². The van der Waals surface area contributed by atoms with Crippen molar-refractivity contribution in [2.75, 3.05) is 0 Å². The number of allylic oxidation sites excluding steroid dienone is 4. The Morgan fingerprint density at radius 2 is 1.68 bits per heavy atom. The SMILES string of the molecule is CC1=CCC(c2ccccc2C[N]([Ti+2])C(C)(C)C)=C1C.[Cl-].[Cl-]. The van der Waals surface area contributed by atoms with Gasteiger partial charge in [-0.15, -0.1) is 0 Å². The first-order valence-electron chi connectivity index (χ1n) is 7.24. The number of benzene rings is 1. The largest absolute Gasteiger partial charge is 1.00 e. The average molecular weight is 373 g/mol. The van der Waals surface area contributed by atoms with E-state index in [4.69, 9.17) is 0 Å². The second-order valence-electron chi connectivity index (χ2n) is 6.61. The van der Waals surface area contributed by atoms with E-state index in [1.165, 1.54) is 27.8 Å². The third kappa shape index (κ3) is 4.98. The summed E-state index contributed by atoms with van der Waals surface area (Å²) >= 11 is 2.20. The fourth-order valence-electron chi connectivity index (χ4n) is 2.47. The second kappa shape index (κ2) is 8.71. The van der Waals surface area contributed by atoms with Crippen LogP contribution < -0.4 is 24.8 Å². The molecule has 0 saturated heterocycles. The molecule has 2 rings (SSSR count). The third-order valence-electron chi connectivity index (χ3n) is 4.14. The van der Waals surface area contributed by atoms with Crippen molar-refractivity contribution in [3.63, 3.8) is 0 Å². The van der Waals surface area contributed by atoms with Crippen LogP contribution in [0, 0.1) is 0 Å². The zero-order valence-corrected chi connectivity index (χ0v) is 17.1. The first-order chi connectivity index (χ1) is 9.30. The van der Waals surface area contributed by atoms with E-state index in [0.29, 0.717) is 0 Å². The van der Waals surface area contributed by atoms with Gasteiger partial charge in [-0.25, -0.2) is 0 Å². The van der Waals surface area contributed by atoms with Crippen molar-refractivity contribution in [1.29, 1.82) is 0 Å². The Balaban J connectivity index is 0.00000220. The molecule has 0 aromatic heterocycles. The molecule has 0 radical (unpaired) electrons. The van der Waals surface area contributed by atoms with Crippen LogP contribution in [0.15, 0.2) is 41.5 Å². The van der Waals surface area contributed by atoms with Crippen LogP contribution in [0.3, 0.4) is 0 Å². The zero-order chi connectivity index (χ0) is 14.9. The Morgan fingerprint density at radius 3 is 2.18 bits per heavy atom. The van der Waals surface area contributed by atoms with Gasteiger partial charge in [-0.3, -0.25) is 0 Å². The van der Waals surface area contributed by atoms with Crippen molar-refractivity contribution < 1.29 is 45.5 Å². The molecule has 0 unspecified atom stereocenters. The molecule has 4 heteroatoms. The molecular weight excluding hydrogens is 349 g/mol. The molecule has 119 valence electrons. The van der Waals surface area contributed by atoms with Crippen molar-refractivity contribution in [2.45, 2.75) is 53.1 Å². The van der Waals surface area contributed by atoms with E-state index >= 15 is 0 Å². The van der Waals surface area contributed by atoms with E-state index < -0.39 is 0 Å². The van der Waals surface area contributed by atoms with Crippen molar-refractivity contribution >= 4 is 5.57 Å². The Bertz CT molecular complexity index is 571. The van der Waals surface area contributed by atoms with Gasteiger partial charge in [0.25, 0.3) is 0 Å². The molecule has 0 heterocycles. The molecule has 0 spiro atoms. The maximum atomic E-state index is 2.41. The Kier molecular flexibility index (Phi) is 8.69. The molecule has 1 aromatic carbocycles. The Hall–Kier alpha value is -0.0457. The van der Waals surface area contributed by atoms with Crippen molar-refractivity contribution in [2.24, 2.45) is 0 Å². The topological polar surface area (TPSA) is 3.24 Å². The number of hydrogen-bond donors (Lipinski definition) is 0. The minimum atomic E-state index is 0. The van der Waals surface area contributed by atoms with Gasteiger partial charge < -0.3 is 24.8 Å². The van der Waals surface area contributed by atoms with Crippen LogP contribution in [0.2, 0.25) is 0 Å². The minimum Gasteiger partial charge on any atom is -1.00 e. The molecule has 0 bridgehead atoms. The molecule has 1 aliphatic rings. The molecule has 0 N–H and O–H groups in total. The van der Waals surface area contributed by atoms with Crippen LogP contribution in [0.5, 0.6) is 0 Å². The fourth-order valence-corrected chi connectivity index (χ4v) is 2.74. The number of hydrogen-bond acceptors (Lipinski definition) is 1. The molecule has 1 aromatic rings. The minimum absolute atomic E-state index is 0. The second-order valence-corrected chi connectivity index (χ2v) is 7.45. The standard InChI is InChI=1S/C18H24N.2ClH.Ti/c1-13-10-11-16(14(13)2)17-9-7-6-8-15(17)12-19-18(3,4)5;;;/h6-10H,11-12H2,1-5H3;2*1H;/q-1;;;+3/p-2. The molecule has 1 nitrogen and oxygen atoms in total. The molecule has 22 heavy (non-hydrogen) atoms. The Labute approximate surface area is 159 Å². The summed E-state index contributed by atoms with van der Waals surface area (Å²) in [7, 11) is 0. The monoisotopic (exact) mass is 372 g/mol. The van der Waals surface area contributed by atoms with Gasteiger partial charge in [0.2, 0.25) is 0 Å². The van der Waals surface area contributed by atoms with Gasteiger partial charge in [0.05, 0.1) is 0 Å². The van der Waals surface area contributed by atoms with Gasteiger partial charge >= 0.3 is 135 Å². The summed E-state index contributed by atoms with van der Waals surface area (Å²) < 4.78 is 2.41. The molecule has 1 aliphatic carbocycles. The van der Waals surface area contributed by atoms with Crippen molar-refractivity contribution in [3.8, 4) is 0 Å². The van der Waals surface area contributed by atoms with E-state index in [1.54, 1.807) is 0 Å². The molecular formula is C18H24Cl2NTi. The molecule has 0 fully saturated rings. The average Bonchev–Trinajstić information content (AvgIpc) is 2.70. The van der Waals surface area contributed by atoms with Gasteiger partial charge in [-0.05, 0) is 0 Å². The van der Waals surface area contributed by atoms with Gasteiger partial charge in [-0.2, -0.15) is 0 Å². The smallest absolute Gasteiger partial charge is 1.00 e. The summed E-state index contributed by atoms with van der Waals surface area (Å²) in [6.07, 6.45) is 3.42. The maximum Gasteiger partial charge on any atom is -1.00 e. The van der Waals surface area contributed by atoms with Gasteiger partial charge in [0.15, 0.2) is 0 Å². The van der Waals surface area contributed by atoms with Gasteiger partial charge in [0.1, 0.15) is 0 Å². The van der Waals surface area contributed by atoms with Crippen LogP contribution in [0.4, 0.5) is 0 Å². The summed E-state index contributed by atoms with van der Waals surface area (Å²) in [5, 5.41) is 0. The zero-order valence-electron chi connectivity index (χ0n) is 14.0. The summed E-state index contributed by atoms with van der Waals surface area (Å²) in [4.78, 5) is 0. The van der Waals surface area contributed by atoms with Crippen LogP contribution >= 0.6 is 0 Å². The van der Waals surface area contributed by atoms with Crippen molar-refractivity contribution in [3.05, 3.63) is 52.6 Å². The maximum absolute atomic E-state index is 2.41. The van der Waals surface area contributed by atoms with E-state index in [2.05, 4.69) is 89.0 Å². The van der Waals surface area contributed by atoms with E-state index in [0.717, 1.165) is 13.0 Å². The number of halogens is 2. The summed E-state index contributed by atoms with van der Waals surface area (Å²) in [5.41, 5.74) is 7.44. The molecule has 0 aliphatic heterocycles. The van der Waals surface area contributed by atoms with E-state index in [1.807, 2.05) is 0 Å². The van der Waals surface area contributed by atoms with Gasteiger partial charge in [0, 0.05) is 0 Å². The summed E-state index contributed by atoms with van der Waals surface area (Å²) in [6, 6.07) is 8.85. The van der Waals surface area contributed by atoms with E-state index in [-0.39, 0.29) is 30.4 Å². The molecule has 0 saturated carbocycles. The summed E-state index contributed by atoms with van der Waals surface area (Å²) in [6.45, 7) is 12.3. The number of rotatable bonds is 3. The normalized spacial score (nSPS) is 14.6. The number of nitrogens with zero attached hydrogens (tertiary/aromatic N) is 1. The van der Waals surface area contributed by atoms with E-state index in [9.17, 15) is 0 Å². The predicted molar refractivity (Wildman–Crippen MR) is 82.7 cm³/mol. The third-order valence-corrected chi connectivity index (χ3v) is 5.43. The Morgan fingerprint density at radius 1 is 1.09 bits per heavy atom. The molecule has 0 atom stereocenters. The van der Waals surface area contributed by atoms with Crippen LogP contribution in [-0.2, 0) is 27.2 Å². The predicted octanol–water partition coefficient (Wildman–Crippen LogP) is -1.12. The summed E-state index contributed by atoms with van der Waals surface area (Å²) in [5.74, 6) is 0. The van der Waals surface area contributed by atoms with Crippen molar-refractivity contribution in [1.82, 2.24) is 3.38 Å². The first-order valence-corrected chi connectivity index (χ1v) is 7.94. The quantitative estimate of drug-likeness (QED) is 0.607. The van der Waals surface area contributed by atoms with Crippen LogP contribution in [0.25, 0.3) is 5.57 Å². The first kappa shape index (κ1) is 22.0. The van der Waals surface area contributed by atoms with Gasteiger partial charge in [-0.1, -0.05) is 0 Å². The van der Waals surface area contributed by atoms with Crippen LogP contribution in [-0.4, -0.2) is 8.92 Å².